The molecule has 0 aromatic rings. The summed E-state index contributed by atoms with van der Waals surface area (Å²) in [7, 11) is 0. The van der Waals surface area contributed by atoms with Crippen LogP contribution in [0, 0.1) is 23.2 Å². The lowest BCUT2D eigenvalue weighted by Gasteiger charge is -2.57. The fourth-order valence-electron chi connectivity index (χ4n) is 5.51. The highest BCUT2D eigenvalue weighted by molar-refractivity contribution is 5.02. The molecule has 0 aliphatic heterocycles. The van der Waals surface area contributed by atoms with Crippen LogP contribution in [-0.4, -0.2) is 10.7 Å². The van der Waals surface area contributed by atoms with Crippen LogP contribution in [0.4, 0.5) is 0 Å². The Morgan fingerprint density at radius 1 is 1.10 bits per heavy atom. The van der Waals surface area contributed by atoms with E-state index in [1.807, 2.05) is 0 Å². The average Bonchev–Trinajstić information content (AvgIpc) is 2.45. The molecule has 1 N–H and O–H groups in total. The van der Waals surface area contributed by atoms with Gasteiger partial charge in [0, 0.05) is 0 Å². The van der Waals surface area contributed by atoms with Crippen molar-refractivity contribution in [2.45, 2.75) is 97.5 Å². The molecule has 5 atom stereocenters. The maximum Gasteiger partial charge on any atom is 0.0648 e. The summed E-state index contributed by atoms with van der Waals surface area (Å²) in [5.74, 6) is 2.62. The van der Waals surface area contributed by atoms with Crippen LogP contribution >= 0.6 is 0 Å². The first kappa shape index (κ1) is 16.3. The fraction of sp³-hybridized carbons (Fsp3) is 1.00. The van der Waals surface area contributed by atoms with E-state index >= 15 is 0 Å². The van der Waals surface area contributed by atoms with Crippen molar-refractivity contribution in [3.8, 4) is 0 Å². The van der Waals surface area contributed by atoms with Gasteiger partial charge in [-0.15, -0.1) is 0 Å². The predicted molar refractivity (Wildman–Crippen MR) is 86.7 cm³/mol. The number of hydrogen-bond acceptors (Lipinski definition) is 1. The highest BCUT2D eigenvalue weighted by atomic mass is 16.3. The lowest BCUT2D eigenvalue weighted by molar-refractivity contribution is -0.119. The Morgan fingerprint density at radius 2 is 1.85 bits per heavy atom. The smallest absolute Gasteiger partial charge is 0.0648 e. The van der Waals surface area contributed by atoms with Crippen molar-refractivity contribution in [1.82, 2.24) is 0 Å². The second-order valence-corrected chi connectivity index (χ2v) is 7.98. The standard InChI is InChI=1S/C19H36O/c1-5-8-9-15-10-11-16-14-19(20,7-3)13-12-18(16,4)17(15)6-2/h15-17,20H,5-14H2,1-4H3/t15-,16+,17+,18+,19+/m1/s1. The minimum absolute atomic E-state index is 0.348. The van der Waals surface area contributed by atoms with E-state index in [9.17, 15) is 5.11 Å². The molecule has 2 fully saturated rings. The average molecular weight is 280 g/mol. The van der Waals surface area contributed by atoms with Gasteiger partial charge in [0.25, 0.3) is 0 Å². The summed E-state index contributed by atoms with van der Waals surface area (Å²) < 4.78 is 0. The van der Waals surface area contributed by atoms with Gasteiger partial charge < -0.3 is 5.11 Å². The minimum Gasteiger partial charge on any atom is -0.390 e. The number of fused-ring (bicyclic) bond motifs is 1. The zero-order chi connectivity index (χ0) is 14.8. The molecule has 0 bridgehead atoms. The van der Waals surface area contributed by atoms with E-state index in [1.54, 1.807) is 0 Å². The molecule has 0 radical (unpaired) electrons. The Hall–Kier alpha value is -0.0400. The Bertz CT molecular complexity index is 313. The maximum absolute atomic E-state index is 10.7. The topological polar surface area (TPSA) is 20.2 Å². The number of unbranched alkanes of at least 4 members (excludes halogenated alkanes) is 1. The van der Waals surface area contributed by atoms with Crippen LogP contribution in [-0.2, 0) is 0 Å². The molecule has 2 aliphatic carbocycles. The normalized spacial score (nSPS) is 45.1. The third-order valence-electron chi connectivity index (χ3n) is 7.02. The van der Waals surface area contributed by atoms with Crippen LogP contribution in [0.1, 0.15) is 91.9 Å². The van der Waals surface area contributed by atoms with Crippen LogP contribution < -0.4 is 0 Å². The summed E-state index contributed by atoms with van der Waals surface area (Å²) in [6.07, 6.45) is 12.6. The van der Waals surface area contributed by atoms with Gasteiger partial charge in [0.2, 0.25) is 0 Å². The molecular weight excluding hydrogens is 244 g/mol. The SMILES string of the molecule is CCCC[C@@H]1CC[C@H]2C[C@](O)(CC)CC[C@]2(C)[C@H]1CC. The molecule has 20 heavy (non-hydrogen) atoms. The van der Waals surface area contributed by atoms with Crippen molar-refractivity contribution >= 4 is 0 Å². The molecule has 0 saturated heterocycles. The molecule has 0 heterocycles. The molecule has 2 saturated carbocycles. The Morgan fingerprint density at radius 3 is 2.45 bits per heavy atom. The molecule has 1 heteroatoms. The van der Waals surface area contributed by atoms with Crippen molar-refractivity contribution in [2.75, 3.05) is 0 Å². The second-order valence-electron chi connectivity index (χ2n) is 7.98. The molecule has 118 valence electrons. The van der Waals surface area contributed by atoms with Crippen LogP contribution in [0.5, 0.6) is 0 Å². The second kappa shape index (κ2) is 6.38. The van der Waals surface area contributed by atoms with Gasteiger partial charge in [0.1, 0.15) is 0 Å². The van der Waals surface area contributed by atoms with Crippen LogP contribution in [0.3, 0.4) is 0 Å². The lowest BCUT2D eigenvalue weighted by Crippen LogP contribution is -2.51. The largest absolute Gasteiger partial charge is 0.390 e. The summed E-state index contributed by atoms with van der Waals surface area (Å²) in [4.78, 5) is 0. The first-order valence-corrected chi connectivity index (χ1v) is 9.21. The van der Waals surface area contributed by atoms with Crippen molar-refractivity contribution in [1.29, 1.82) is 0 Å². The van der Waals surface area contributed by atoms with E-state index in [1.165, 1.54) is 44.9 Å². The van der Waals surface area contributed by atoms with Gasteiger partial charge in [-0.25, -0.2) is 0 Å². The van der Waals surface area contributed by atoms with E-state index < -0.39 is 0 Å². The number of hydrogen-bond donors (Lipinski definition) is 1. The summed E-state index contributed by atoms with van der Waals surface area (Å²) in [6.45, 7) is 9.43. The molecule has 1 nitrogen and oxygen atoms in total. The van der Waals surface area contributed by atoms with Crippen molar-refractivity contribution in [2.24, 2.45) is 23.2 Å². The Kier molecular flexibility index (Phi) is 5.21. The van der Waals surface area contributed by atoms with Crippen LogP contribution in [0.15, 0.2) is 0 Å². The van der Waals surface area contributed by atoms with Gasteiger partial charge >= 0.3 is 0 Å². The molecule has 0 aromatic carbocycles. The van der Waals surface area contributed by atoms with Gasteiger partial charge in [-0.2, -0.15) is 0 Å². The van der Waals surface area contributed by atoms with Gasteiger partial charge in [0.15, 0.2) is 0 Å². The fourth-order valence-corrected chi connectivity index (χ4v) is 5.51. The molecule has 0 spiro atoms. The van der Waals surface area contributed by atoms with Crippen molar-refractivity contribution < 1.29 is 5.11 Å². The predicted octanol–water partition coefficient (Wildman–Crippen LogP) is 5.56. The molecule has 2 rings (SSSR count). The highest BCUT2D eigenvalue weighted by Gasteiger charge is 2.52. The first-order valence-electron chi connectivity index (χ1n) is 9.21. The molecule has 0 amide bonds. The van der Waals surface area contributed by atoms with E-state index in [0.717, 1.165) is 37.0 Å². The number of rotatable bonds is 5. The zero-order valence-corrected chi connectivity index (χ0v) is 14.3. The third-order valence-corrected chi connectivity index (χ3v) is 7.02. The first-order chi connectivity index (χ1) is 9.49. The van der Waals surface area contributed by atoms with Crippen LogP contribution in [0.2, 0.25) is 0 Å². The molecule has 0 aromatic heterocycles. The summed E-state index contributed by atoms with van der Waals surface area (Å²) in [6, 6.07) is 0. The van der Waals surface area contributed by atoms with E-state index in [-0.39, 0.29) is 5.60 Å². The molecule has 0 unspecified atom stereocenters. The number of aliphatic hydroxyl groups is 1. The third kappa shape index (κ3) is 2.93. The van der Waals surface area contributed by atoms with Gasteiger partial charge in [-0.1, -0.05) is 53.4 Å². The highest BCUT2D eigenvalue weighted by Crippen LogP contribution is 2.59. The summed E-state index contributed by atoms with van der Waals surface area (Å²) >= 11 is 0. The Labute approximate surface area is 126 Å². The van der Waals surface area contributed by atoms with Crippen molar-refractivity contribution in [3.63, 3.8) is 0 Å². The monoisotopic (exact) mass is 280 g/mol. The zero-order valence-electron chi connectivity index (χ0n) is 14.3. The summed E-state index contributed by atoms with van der Waals surface area (Å²) in [5, 5.41) is 10.7. The maximum atomic E-state index is 10.7. The lowest BCUT2D eigenvalue weighted by atomic mass is 9.49. The van der Waals surface area contributed by atoms with Gasteiger partial charge in [0.05, 0.1) is 5.60 Å². The summed E-state index contributed by atoms with van der Waals surface area (Å²) in [5.41, 5.74) is 0.158. The van der Waals surface area contributed by atoms with Gasteiger partial charge in [-0.05, 0) is 61.7 Å². The minimum atomic E-state index is -0.348. The van der Waals surface area contributed by atoms with E-state index in [2.05, 4.69) is 27.7 Å². The van der Waals surface area contributed by atoms with E-state index in [4.69, 9.17) is 0 Å². The molecular formula is C19H36O. The quantitative estimate of drug-likeness (QED) is 0.699. The van der Waals surface area contributed by atoms with Crippen LogP contribution in [0.25, 0.3) is 0 Å². The van der Waals surface area contributed by atoms with Crippen molar-refractivity contribution in [3.05, 3.63) is 0 Å². The Balaban J connectivity index is 2.12. The molecule has 2 aliphatic rings. The van der Waals surface area contributed by atoms with Gasteiger partial charge in [-0.3, -0.25) is 0 Å². The van der Waals surface area contributed by atoms with E-state index in [0.29, 0.717) is 5.41 Å².